The van der Waals surface area contributed by atoms with E-state index in [4.69, 9.17) is 16.3 Å². The molecule has 0 radical (unpaired) electrons. The third kappa shape index (κ3) is 5.73. The number of imidazole rings is 1. The number of urea groups is 1. The molecule has 4 rings (SSSR count). The number of ether oxygens (including phenoxy) is 1. The van der Waals surface area contributed by atoms with Gasteiger partial charge in [-0.3, -0.25) is 10.2 Å². The number of nitrogens with one attached hydrogen (secondary N) is 3. The molecule has 3 aromatic carbocycles. The van der Waals surface area contributed by atoms with Crippen molar-refractivity contribution in [3.05, 3.63) is 82.9 Å². The summed E-state index contributed by atoms with van der Waals surface area (Å²) in [6.07, 6.45) is -0.0495. The molecule has 0 aliphatic carbocycles. The number of aromatic amines is 1. The zero-order valence-electron chi connectivity index (χ0n) is 19.6. The van der Waals surface area contributed by atoms with E-state index >= 15 is 0 Å². The van der Waals surface area contributed by atoms with Crippen molar-refractivity contribution in [2.75, 3.05) is 7.05 Å². The van der Waals surface area contributed by atoms with Gasteiger partial charge in [0.1, 0.15) is 11.6 Å². The standard InChI is InChI=1S/C26H26ClN5O3/c1-16(2)35-23-12-10-19(14-20(23)27)25(33)31-32(26(34)28-3)15-17-9-11-21-22(13-17)30-24(29-21)18-7-5-4-6-8-18/h4-14,16H,15H2,1-3H3,(H,28,34)(H,29,30)(H,31,33). The minimum Gasteiger partial charge on any atom is -0.489 e. The second-order valence-corrected chi connectivity index (χ2v) is 8.60. The van der Waals surface area contributed by atoms with Crippen molar-refractivity contribution in [1.82, 2.24) is 25.7 Å². The fourth-order valence-corrected chi connectivity index (χ4v) is 3.77. The SMILES string of the molecule is CNC(=O)N(Cc1ccc2[nH]c(-c3ccccc3)nc2c1)NC(=O)c1ccc(OC(C)C)c(Cl)c1. The molecule has 1 aromatic heterocycles. The monoisotopic (exact) mass is 491 g/mol. The van der Waals surface area contributed by atoms with E-state index in [0.29, 0.717) is 16.3 Å². The van der Waals surface area contributed by atoms with Crippen LogP contribution in [0.4, 0.5) is 4.79 Å². The third-order valence-corrected chi connectivity index (χ3v) is 5.48. The van der Waals surface area contributed by atoms with E-state index in [0.717, 1.165) is 28.0 Å². The summed E-state index contributed by atoms with van der Waals surface area (Å²) >= 11 is 6.27. The zero-order valence-corrected chi connectivity index (χ0v) is 20.4. The van der Waals surface area contributed by atoms with Gasteiger partial charge in [-0.05, 0) is 49.7 Å². The Hall–Kier alpha value is -4.04. The lowest BCUT2D eigenvalue weighted by Crippen LogP contribution is -2.49. The molecule has 0 fully saturated rings. The van der Waals surface area contributed by atoms with E-state index in [1.54, 1.807) is 12.1 Å². The van der Waals surface area contributed by atoms with E-state index in [1.807, 2.05) is 62.4 Å². The van der Waals surface area contributed by atoms with Gasteiger partial charge in [-0.25, -0.2) is 14.8 Å². The van der Waals surface area contributed by atoms with Crippen molar-refractivity contribution in [3.8, 4) is 17.1 Å². The second-order valence-electron chi connectivity index (χ2n) is 8.20. The predicted octanol–water partition coefficient (Wildman–Crippen LogP) is 5.16. The molecule has 3 amide bonds. The molecule has 0 unspecified atom stereocenters. The minimum atomic E-state index is -0.473. The Morgan fingerprint density at radius 2 is 1.86 bits per heavy atom. The lowest BCUT2D eigenvalue weighted by Gasteiger charge is -2.23. The predicted molar refractivity (Wildman–Crippen MR) is 136 cm³/mol. The number of hydrazine groups is 1. The zero-order chi connectivity index (χ0) is 24.9. The van der Waals surface area contributed by atoms with Gasteiger partial charge in [-0.2, -0.15) is 0 Å². The molecule has 180 valence electrons. The van der Waals surface area contributed by atoms with Gasteiger partial charge < -0.3 is 15.0 Å². The first-order chi connectivity index (χ1) is 16.8. The fourth-order valence-electron chi connectivity index (χ4n) is 3.54. The number of hydrogen-bond acceptors (Lipinski definition) is 4. The molecule has 0 bridgehead atoms. The number of carbonyl (C=O) groups is 2. The van der Waals surface area contributed by atoms with Crippen LogP contribution < -0.4 is 15.5 Å². The molecule has 0 spiro atoms. The average molecular weight is 492 g/mol. The number of halogens is 1. The Bertz CT molecular complexity index is 1350. The highest BCUT2D eigenvalue weighted by atomic mass is 35.5. The van der Waals surface area contributed by atoms with Crippen molar-refractivity contribution in [2.24, 2.45) is 0 Å². The number of amides is 3. The largest absolute Gasteiger partial charge is 0.489 e. The first kappa shape index (κ1) is 24.1. The first-order valence-corrected chi connectivity index (χ1v) is 11.5. The maximum Gasteiger partial charge on any atom is 0.336 e. The van der Waals surface area contributed by atoms with E-state index in [2.05, 4.69) is 20.7 Å². The molecule has 0 aliphatic heterocycles. The Balaban J connectivity index is 1.52. The van der Waals surface area contributed by atoms with Gasteiger partial charge in [0.05, 0.1) is 28.7 Å². The van der Waals surface area contributed by atoms with Crippen molar-refractivity contribution in [2.45, 2.75) is 26.5 Å². The lowest BCUT2D eigenvalue weighted by molar-refractivity contribution is 0.0819. The molecular weight excluding hydrogens is 466 g/mol. The van der Waals surface area contributed by atoms with Crippen molar-refractivity contribution < 1.29 is 14.3 Å². The highest BCUT2D eigenvalue weighted by Gasteiger charge is 2.18. The lowest BCUT2D eigenvalue weighted by atomic mass is 10.2. The van der Waals surface area contributed by atoms with Gasteiger partial charge >= 0.3 is 6.03 Å². The number of nitrogens with zero attached hydrogens (tertiary/aromatic N) is 2. The van der Waals surface area contributed by atoms with Crippen LogP contribution in [0.3, 0.4) is 0 Å². The molecule has 0 saturated carbocycles. The molecule has 1 heterocycles. The van der Waals surface area contributed by atoms with Crippen LogP contribution in [0, 0.1) is 0 Å². The maximum absolute atomic E-state index is 12.9. The van der Waals surface area contributed by atoms with Crippen LogP contribution in [0.25, 0.3) is 22.4 Å². The van der Waals surface area contributed by atoms with Crippen LogP contribution in [-0.4, -0.2) is 40.1 Å². The van der Waals surface area contributed by atoms with E-state index in [9.17, 15) is 9.59 Å². The topological polar surface area (TPSA) is 99.4 Å². The van der Waals surface area contributed by atoms with Crippen LogP contribution in [-0.2, 0) is 6.54 Å². The quantitative estimate of drug-likeness (QED) is 0.324. The van der Waals surface area contributed by atoms with Gasteiger partial charge in [-0.1, -0.05) is 48.0 Å². The summed E-state index contributed by atoms with van der Waals surface area (Å²) in [6, 6.07) is 19.8. The number of carbonyl (C=O) groups excluding carboxylic acids is 2. The van der Waals surface area contributed by atoms with Crippen LogP contribution >= 0.6 is 11.6 Å². The summed E-state index contributed by atoms with van der Waals surface area (Å²) in [5.41, 5.74) is 6.37. The molecule has 0 atom stereocenters. The molecule has 4 aromatic rings. The van der Waals surface area contributed by atoms with Gasteiger partial charge in [0.15, 0.2) is 0 Å². The number of benzene rings is 3. The number of hydrogen-bond donors (Lipinski definition) is 3. The Morgan fingerprint density at radius 1 is 1.09 bits per heavy atom. The smallest absolute Gasteiger partial charge is 0.336 e. The summed E-state index contributed by atoms with van der Waals surface area (Å²) in [5.74, 6) is 0.776. The summed E-state index contributed by atoms with van der Waals surface area (Å²) in [6.45, 7) is 3.92. The first-order valence-electron chi connectivity index (χ1n) is 11.1. The summed E-state index contributed by atoms with van der Waals surface area (Å²) in [5, 5.41) is 4.08. The molecule has 9 heteroatoms. The van der Waals surface area contributed by atoms with Crippen molar-refractivity contribution in [1.29, 1.82) is 0 Å². The van der Waals surface area contributed by atoms with Gasteiger partial charge in [-0.15, -0.1) is 0 Å². The van der Waals surface area contributed by atoms with Crippen molar-refractivity contribution in [3.63, 3.8) is 0 Å². The van der Waals surface area contributed by atoms with Gasteiger partial charge in [0, 0.05) is 18.2 Å². The molecule has 0 saturated heterocycles. The molecular formula is C26H26ClN5O3. The van der Waals surface area contributed by atoms with Crippen LogP contribution in [0.5, 0.6) is 5.75 Å². The number of aromatic nitrogens is 2. The second kappa shape index (κ2) is 10.5. The Labute approximate surface area is 208 Å². The normalized spacial score (nSPS) is 10.9. The highest BCUT2D eigenvalue weighted by Crippen LogP contribution is 2.26. The van der Waals surface area contributed by atoms with E-state index in [1.165, 1.54) is 18.1 Å². The van der Waals surface area contributed by atoms with Crippen LogP contribution in [0.15, 0.2) is 66.7 Å². The van der Waals surface area contributed by atoms with Crippen LogP contribution in [0.2, 0.25) is 5.02 Å². The average Bonchev–Trinajstić information content (AvgIpc) is 3.28. The number of rotatable bonds is 6. The Kier molecular flexibility index (Phi) is 7.22. The summed E-state index contributed by atoms with van der Waals surface area (Å²) in [4.78, 5) is 33.4. The maximum atomic E-state index is 12.9. The van der Waals surface area contributed by atoms with Gasteiger partial charge in [0.2, 0.25) is 0 Å². The third-order valence-electron chi connectivity index (χ3n) is 5.19. The van der Waals surface area contributed by atoms with E-state index in [-0.39, 0.29) is 12.6 Å². The molecule has 3 N–H and O–H groups in total. The highest BCUT2D eigenvalue weighted by molar-refractivity contribution is 6.32. The molecule has 0 aliphatic rings. The van der Waals surface area contributed by atoms with Crippen LogP contribution in [0.1, 0.15) is 29.8 Å². The number of H-pyrrole nitrogens is 1. The molecule has 8 nitrogen and oxygen atoms in total. The van der Waals surface area contributed by atoms with Crippen molar-refractivity contribution >= 4 is 34.6 Å². The van der Waals surface area contributed by atoms with E-state index < -0.39 is 11.9 Å². The summed E-state index contributed by atoms with van der Waals surface area (Å²) < 4.78 is 5.61. The van der Waals surface area contributed by atoms with Gasteiger partial charge in [0.25, 0.3) is 5.91 Å². The Morgan fingerprint density at radius 3 is 2.54 bits per heavy atom. The summed E-state index contributed by atoms with van der Waals surface area (Å²) in [7, 11) is 1.50. The fraction of sp³-hybridized carbons (Fsp3) is 0.192. The molecule has 35 heavy (non-hydrogen) atoms. The minimum absolute atomic E-state index is 0.0495. The number of fused-ring (bicyclic) bond motifs is 1.